The van der Waals surface area contributed by atoms with Crippen LogP contribution in [0, 0.1) is 0 Å². The molecule has 1 rings (SSSR count). The first kappa shape index (κ1) is 19.9. The van der Waals surface area contributed by atoms with Gasteiger partial charge in [-0.1, -0.05) is 17.7 Å². The lowest BCUT2D eigenvalue weighted by Crippen LogP contribution is -2.69. The van der Waals surface area contributed by atoms with Crippen molar-refractivity contribution < 1.29 is 32.2 Å². The molecule has 10 heteroatoms. The second-order valence-corrected chi connectivity index (χ2v) is 4.89. The van der Waals surface area contributed by atoms with Crippen LogP contribution < -0.4 is 10.6 Å². The fourth-order valence-corrected chi connectivity index (χ4v) is 1.92. The molecule has 6 nitrogen and oxygen atoms in total. The molecule has 0 heterocycles. The first-order chi connectivity index (χ1) is 11.2. The van der Waals surface area contributed by atoms with Crippen molar-refractivity contribution in [2.45, 2.75) is 25.7 Å². The first-order valence-electron chi connectivity index (χ1n) is 6.89. The molecule has 0 aliphatic rings. The zero-order chi connectivity index (χ0) is 18.4. The topological polar surface area (TPSA) is 76.7 Å². The number of alkyl carbamates (subject to hydrolysis) is 1. The van der Waals surface area contributed by atoms with E-state index in [0.29, 0.717) is 0 Å². The minimum Gasteiger partial charge on any atom is -0.463 e. The molecule has 0 unspecified atom stereocenters. The van der Waals surface area contributed by atoms with Crippen molar-refractivity contribution in [2.75, 3.05) is 18.5 Å². The molecule has 0 radical (unpaired) electrons. The van der Waals surface area contributed by atoms with E-state index in [1.807, 2.05) is 5.32 Å². The highest BCUT2D eigenvalue weighted by molar-refractivity contribution is 6.30. The summed E-state index contributed by atoms with van der Waals surface area (Å²) >= 11 is 5.73. The number of amides is 1. The summed E-state index contributed by atoms with van der Waals surface area (Å²) in [5.41, 5.74) is -3.68. The Morgan fingerprint density at radius 3 is 2.29 bits per heavy atom. The van der Waals surface area contributed by atoms with Crippen LogP contribution in [0.25, 0.3) is 0 Å². The summed E-state index contributed by atoms with van der Waals surface area (Å²) in [6.45, 7) is 2.24. The van der Waals surface area contributed by atoms with Crippen molar-refractivity contribution in [3.05, 3.63) is 29.3 Å². The Morgan fingerprint density at radius 2 is 1.79 bits per heavy atom. The lowest BCUT2D eigenvalue weighted by Gasteiger charge is -2.34. The molecule has 1 aromatic carbocycles. The molecular formula is C14H16ClF3N2O4. The van der Waals surface area contributed by atoms with Gasteiger partial charge in [0.25, 0.3) is 0 Å². The molecule has 24 heavy (non-hydrogen) atoms. The number of hydrogen-bond acceptors (Lipinski definition) is 5. The third-order valence-corrected chi connectivity index (χ3v) is 2.96. The number of halogens is 4. The Kier molecular flexibility index (Phi) is 6.70. The summed E-state index contributed by atoms with van der Waals surface area (Å²) in [5, 5.41) is 3.60. The van der Waals surface area contributed by atoms with Crippen molar-refractivity contribution in [3.63, 3.8) is 0 Å². The molecule has 2 N–H and O–H groups in total. The van der Waals surface area contributed by atoms with Gasteiger partial charge in [0.1, 0.15) is 0 Å². The van der Waals surface area contributed by atoms with Gasteiger partial charge in [-0.15, -0.1) is 0 Å². The molecule has 1 atom stereocenters. The number of alkyl halides is 3. The third-order valence-electron chi connectivity index (χ3n) is 2.73. The predicted octanol–water partition coefficient (Wildman–Crippen LogP) is 3.32. The number of anilines is 1. The highest BCUT2D eigenvalue weighted by atomic mass is 35.5. The van der Waals surface area contributed by atoms with E-state index in [1.165, 1.54) is 37.4 Å². The molecular weight excluding hydrogens is 353 g/mol. The summed E-state index contributed by atoms with van der Waals surface area (Å²) < 4.78 is 50.0. The van der Waals surface area contributed by atoms with Crippen LogP contribution in [0.4, 0.5) is 23.7 Å². The maximum Gasteiger partial charge on any atom is 0.442 e. The average Bonchev–Trinajstić information content (AvgIpc) is 2.45. The molecule has 134 valence electrons. The van der Waals surface area contributed by atoms with Gasteiger partial charge < -0.3 is 14.8 Å². The van der Waals surface area contributed by atoms with Gasteiger partial charge in [0, 0.05) is 10.7 Å². The number of carbonyl (C=O) groups is 2. The number of rotatable bonds is 6. The number of hydrogen-bond donors (Lipinski definition) is 2. The number of carbonyl (C=O) groups excluding carboxylic acids is 2. The van der Waals surface area contributed by atoms with Crippen molar-refractivity contribution in [3.8, 4) is 0 Å². The van der Waals surface area contributed by atoms with Crippen molar-refractivity contribution in [2.24, 2.45) is 0 Å². The number of ether oxygens (including phenoxy) is 2. The molecule has 0 saturated heterocycles. The quantitative estimate of drug-likeness (QED) is 0.595. The smallest absolute Gasteiger partial charge is 0.442 e. The van der Waals surface area contributed by atoms with E-state index in [9.17, 15) is 22.8 Å². The molecule has 1 aromatic rings. The van der Waals surface area contributed by atoms with E-state index < -0.39 is 23.9 Å². The number of nitrogens with one attached hydrogen (secondary N) is 2. The monoisotopic (exact) mass is 368 g/mol. The molecule has 0 spiro atoms. The summed E-state index contributed by atoms with van der Waals surface area (Å²) in [4.78, 5) is 23.6. The number of benzene rings is 1. The summed E-state index contributed by atoms with van der Waals surface area (Å²) in [6, 6.07) is 5.22. The van der Waals surface area contributed by atoms with Gasteiger partial charge in [-0.3, -0.25) is 5.32 Å². The van der Waals surface area contributed by atoms with E-state index in [0.717, 1.165) is 6.07 Å². The minimum atomic E-state index is -5.23. The standard InChI is InChI=1S/C14H16ClF3N2O4/c1-3-23-11(21)13(14(16,17)18,20-12(22)24-4-2)19-10-7-5-6-9(15)8-10/h5-8,19H,3-4H2,1-2H3,(H,20,22)/t13-/m1/s1. The second kappa shape index (κ2) is 8.09. The van der Waals surface area contributed by atoms with Crippen LogP contribution in [0.15, 0.2) is 24.3 Å². The van der Waals surface area contributed by atoms with Crippen molar-refractivity contribution >= 4 is 29.4 Å². The molecule has 0 fully saturated rings. The van der Waals surface area contributed by atoms with Gasteiger partial charge in [0.2, 0.25) is 0 Å². The summed E-state index contributed by atoms with van der Waals surface area (Å²) in [7, 11) is 0. The molecule has 0 aromatic heterocycles. The third kappa shape index (κ3) is 4.67. The predicted molar refractivity (Wildman–Crippen MR) is 80.7 cm³/mol. The van der Waals surface area contributed by atoms with Crippen LogP contribution in [0.5, 0.6) is 0 Å². The normalized spacial score (nSPS) is 13.6. The van der Waals surface area contributed by atoms with Gasteiger partial charge in [-0.05, 0) is 32.0 Å². The fourth-order valence-electron chi connectivity index (χ4n) is 1.73. The van der Waals surface area contributed by atoms with E-state index in [4.69, 9.17) is 11.6 Å². The lowest BCUT2D eigenvalue weighted by molar-refractivity contribution is -0.205. The first-order valence-corrected chi connectivity index (χ1v) is 7.26. The fraction of sp³-hybridized carbons (Fsp3) is 0.429. The van der Waals surface area contributed by atoms with Gasteiger partial charge in [0.05, 0.1) is 13.2 Å². The molecule has 0 saturated carbocycles. The number of esters is 1. The Bertz CT molecular complexity index is 598. The summed E-state index contributed by atoms with van der Waals surface area (Å²) in [6.07, 6.45) is -6.66. The van der Waals surface area contributed by atoms with Crippen LogP contribution >= 0.6 is 11.6 Å². The largest absolute Gasteiger partial charge is 0.463 e. The van der Waals surface area contributed by atoms with Crippen LogP contribution in [-0.2, 0) is 14.3 Å². The Balaban J connectivity index is 3.33. The van der Waals surface area contributed by atoms with Crippen molar-refractivity contribution in [1.29, 1.82) is 0 Å². The van der Waals surface area contributed by atoms with Crippen LogP contribution in [0.3, 0.4) is 0 Å². The van der Waals surface area contributed by atoms with Crippen LogP contribution in [0.2, 0.25) is 5.02 Å². The van der Waals surface area contributed by atoms with Gasteiger partial charge in [-0.25, -0.2) is 9.59 Å². The highest BCUT2D eigenvalue weighted by Gasteiger charge is 2.64. The SMILES string of the molecule is CCOC(=O)N[C@](Nc1cccc(Cl)c1)(C(=O)OCC)C(F)(F)F. The molecule has 0 aliphatic carbocycles. The summed E-state index contributed by atoms with van der Waals surface area (Å²) in [5.74, 6) is -1.73. The lowest BCUT2D eigenvalue weighted by atomic mass is 10.1. The van der Waals surface area contributed by atoms with Crippen molar-refractivity contribution in [1.82, 2.24) is 5.32 Å². The van der Waals surface area contributed by atoms with Gasteiger partial charge in [-0.2, -0.15) is 13.2 Å². The van der Waals surface area contributed by atoms with Crippen LogP contribution in [0.1, 0.15) is 13.8 Å². The maximum atomic E-state index is 13.7. The maximum absolute atomic E-state index is 13.7. The van der Waals surface area contributed by atoms with E-state index in [2.05, 4.69) is 9.47 Å². The Morgan fingerprint density at radius 1 is 1.17 bits per heavy atom. The van der Waals surface area contributed by atoms with E-state index in [1.54, 1.807) is 0 Å². The zero-order valence-corrected chi connectivity index (χ0v) is 13.6. The molecule has 0 bridgehead atoms. The highest BCUT2D eigenvalue weighted by Crippen LogP contribution is 2.33. The minimum absolute atomic E-state index is 0.135. The Labute approximate surface area is 141 Å². The van der Waals surface area contributed by atoms with Gasteiger partial charge >= 0.3 is 23.9 Å². The van der Waals surface area contributed by atoms with Crippen LogP contribution in [-0.4, -0.2) is 37.1 Å². The second-order valence-electron chi connectivity index (χ2n) is 4.45. The molecule has 0 aliphatic heterocycles. The Hall–Kier alpha value is -2.16. The van der Waals surface area contributed by atoms with E-state index in [-0.39, 0.29) is 23.9 Å². The van der Waals surface area contributed by atoms with E-state index >= 15 is 0 Å². The van der Waals surface area contributed by atoms with Gasteiger partial charge in [0.15, 0.2) is 0 Å². The molecule has 1 amide bonds. The zero-order valence-electron chi connectivity index (χ0n) is 12.9. The average molecular weight is 369 g/mol.